The summed E-state index contributed by atoms with van der Waals surface area (Å²) in [5.74, 6) is -5.59. The van der Waals surface area contributed by atoms with Gasteiger partial charge in [-0.05, 0) is 12.3 Å². The number of amides is 3. The molecule has 0 saturated carbocycles. The van der Waals surface area contributed by atoms with Crippen LogP contribution in [-0.2, 0) is 24.0 Å². The number of carboxylic acid groups (broad SMARTS) is 2. The average Bonchev–Trinajstić information content (AvgIpc) is 2.47. The maximum Gasteiger partial charge on any atom is 0.326 e. The quantitative estimate of drug-likeness (QED) is 0.237. The van der Waals surface area contributed by atoms with Crippen molar-refractivity contribution >= 4 is 29.7 Å². The van der Waals surface area contributed by atoms with E-state index in [0.717, 1.165) is 0 Å². The van der Waals surface area contributed by atoms with Gasteiger partial charge in [-0.3, -0.25) is 19.2 Å². The van der Waals surface area contributed by atoms with Crippen LogP contribution in [0.1, 0.15) is 33.1 Å². The van der Waals surface area contributed by atoms with Gasteiger partial charge in [-0.1, -0.05) is 13.8 Å². The van der Waals surface area contributed by atoms with Gasteiger partial charge in [-0.15, -0.1) is 0 Å². The number of aliphatic carboxylic acids is 2. The number of carbonyl (C=O) groups is 5. The summed E-state index contributed by atoms with van der Waals surface area (Å²) in [5, 5.41) is 22.3. The van der Waals surface area contributed by atoms with Gasteiger partial charge in [0, 0.05) is 6.42 Å². The normalized spacial score (nSPS) is 14.2. The summed E-state index contributed by atoms with van der Waals surface area (Å²) in [6.45, 7) is 3.12. The lowest BCUT2D eigenvalue weighted by atomic mass is 10.0. The first-order valence-electron chi connectivity index (χ1n) is 7.54. The number of carbonyl (C=O) groups excluding carboxylic acids is 3. The van der Waals surface area contributed by atoms with Crippen LogP contribution in [0.2, 0.25) is 0 Å². The third kappa shape index (κ3) is 8.65. The van der Waals surface area contributed by atoms with E-state index >= 15 is 0 Å². The predicted octanol–water partition coefficient (Wildman–Crippen LogP) is -2.24. The highest BCUT2D eigenvalue weighted by molar-refractivity contribution is 5.94. The van der Waals surface area contributed by atoms with Crippen LogP contribution in [0.4, 0.5) is 0 Å². The monoisotopic (exact) mass is 360 g/mol. The van der Waals surface area contributed by atoms with Gasteiger partial charge in [0.2, 0.25) is 17.7 Å². The molecule has 0 bridgehead atoms. The molecule has 0 saturated heterocycles. The Morgan fingerprint density at radius 1 is 1.00 bits per heavy atom. The second kappa shape index (κ2) is 10.2. The maximum absolute atomic E-state index is 12.2. The topological polar surface area (TPSA) is 202 Å². The van der Waals surface area contributed by atoms with Crippen molar-refractivity contribution in [3.8, 4) is 0 Å². The maximum atomic E-state index is 12.2. The summed E-state index contributed by atoms with van der Waals surface area (Å²) in [6.07, 6.45) is -0.990. The van der Waals surface area contributed by atoms with Gasteiger partial charge < -0.3 is 32.3 Å². The summed E-state index contributed by atoms with van der Waals surface area (Å²) >= 11 is 0. The van der Waals surface area contributed by atoms with Crippen LogP contribution in [0.5, 0.6) is 0 Å². The summed E-state index contributed by atoms with van der Waals surface area (Å²) in [6, 6.07) is -3.92. The molecule has 0 rings (SSSR count). The van der Waals surface area contributed by atoms with Crippen molar-refractivity contribution < 1.29 is 34.2 Å². The minimum atomic E-state index is -1.51. The molecule has 3 atom stereocenters. The van der Waals surface area contributed by atoms with E-state index in [1.807, 2.05) is 0 Å². The highest BCUT2D eigenvalue weighted by Gasteiger charge is 2.30. The van der Waals surface area contributed by atoms with Gasteiger partial charge in [0.15, 0.2) is 0 Å². The Kier molecular flexibility index (Phi) is 9.13. The summed E-state index contributed by atoms with van der Waals surface area (Å²) in [5.41, 5.74) is 10.5. The van der Waals surface area contributed by atoms with E-state index in [-0.39, 0.29) is 12.8 Å². The molecule has 0 heterocycles. The van der Waals surface area contributed by atoms with E-state index in [4.69, 9.17) is 21.7 Å². The number of carboxylic acids is 2. The van der Waals surface area contributed by atoms with Gasteiger partial charge >= 0.3 is 11.9 Å². The molecule has 3 amide bonds. The first-order chi connectivity index (χ1) is 11.5. The van der Waals surface area contributed by atoms with Crippen molar-refractivity contribution in [3.05, 3.63) is 0 Å². The molecule has 0 aromatic carbocycles. The van der Waals surface area contributed by atoms with Gasteiger partial charge in [0.1, 0.15) is 12.1 Å². The number of hydrogen-bond donors (Lipinski definition) is 6. The Hall–Kier alpha value is -2.69. The lowest BCUT2D eigenvalue weighted by molar-refractivity contribution is -0.144. The zero-order valence-electron chi connectivity index (χ0n) is 14.0. The Morgan fingerprint density at radius 2 is 1.56 bits per heavy atom. The Morgan fingerprint density at radius 3 is 1.96 bits per heavy atom. The van der Waals surface area contributed by atoms with Crippen LogP contribution in [0.3, 0.4) is 0 Å². The van der Waals surface area contributed by atoms with Crippen molar-refractivity contribution in [1.29, 1.82) is 0 Å². The van der Waals surface area contributed by atoms with E-state index in [1.165, 1.54) is 0 Å². The average molecular weight is 360 g/mol. The van der Waals surface area contributed by atoms with Crippen LogP contribution in [-0.4, -0.2) is 58.0 Å². The summed E-state index contributed by atoms with van der Waals surface area (Å²) in [4.78, 5) is 56.8. The molecule has 0 fully saturated rings. The molecule has 0 aromatic rings. The van der Waals surface area contributed by atoms with Crippen molar-refractivity contribution in [3.63, 3.8) is 0 Å². The first kappa shape index (κ1) is 22.3. The minimum absolute atomic E-state index is 0.0771. The Labute approximate surface area is 144 Å². The number of rotatable bonds is 11. The highest BCUT2D eigenvalue weighted by atomic mass is 16.4. The van der Waals surface area contributed by atoms with E-state index in [1.54, 1.807) is 13.8 Å². The lowest BCUT2D eigenvalue weighted by Crippen LogP contribution is -2.56. The molecule has 0 aliphatic carbocycles. The molecule has 142 valence electrons. The van der Waals surface area contributed by atoms with Crippen LogP contribution in [0.15, 0.2) is 0 Å². The van der Waals surface area contributed by atoms with Crippen LogP contribution in [0, 0.1) is 5.92 Å². The van der Waals surface area contributed by atoms with Crippen molar-refractivity contribution in [1.82, 2.24) is 10.6 Å². The summed E-state index contributed by atoms with van der Waals surface area (Å²) in [7, 11) is 0. The molecule has 0 aromatic heterocycles. The molecule has 3 unspecified atom stereocenters. The smallest absolute Gasteiger partial charge is 0.326 e. The molecule has 0 spiro atoms. The zero-order valence-corrected chi connectivity index (χ0v) is 14.0. The number of primary amides is 1. The van der Waals surface area contributed by atoms with E-state index < -0.39 is 60.1 Å². The Balaban J connectivity index is 5.01. The molecule has 25 heavy (non-hydrogen) atoms. The fourth-order valence-corrected chi connectivity index (χ4v) is 1.86. The Bertz CT molecular complexity index is 535. The molecule has 0 aliphatic rings. The molecule has 8 N–H and O–H groups in total. The molecule has 11 heteroatoms. The second-order valence-corrected chi connectivity index (χ2v) is 5.84. The lowest BCUT2D eigenvalue weighted by Gasteiger charge is -2.23. The van der Waals surface area contributed by atoms with Crippen molar-refractivity contribution in [2.75, 3.05) is 0 Å². The van der Waals surface area contributed by atoms with E-state index in [2.05, 4.69) is 10.6 Å². The third-order valence-electron chi connectivity index (χ3n) is 3.28. The van der Waals surface area contributed by atoms with Crippen molar-refractivity contribution in [2.24, 2.45) is 17.4 Å². The molecule has 0 aliphatic heterocycles. The van der Waals surface area contributed by atoms with Gasteiger partial charge in [-0.25, -0.2) is 4.79 Å². The molecular weight excluding hydrogens is 336 g/mol. The first-order valence-corrected chi connectivity index (χ1v) is 7.54. The number of hydrogen-bond acceptors (Lipinski definition) is 6. The van der Waals surface area contributed by atoms with E-state index in [0.29, 0.717) is 0 Å². The predicted molar refractivity (Wildman–Crippen MR) is 85.0 cm³/mol. The third-order valence-corrected chi connectivity index (χ3v) is 3.28. The van der Waals surface area contributed by atoms with Gasteiger partial charge in [0.05, 0.1) is 12.5 Å². The second-order valence-electron chi connectivity index (χ2n) is 5.84. The minimum Gasteiger partial charge on any atom is -0.481 e. The molecular formula is C14H24N4O7. The van der Waals surface area contributed by atoms with Crippen LogP contribution < -0.4 is 22.1 Å². The van der Waals surface area contributed by atoms with Crippen LogP contribution >= 0.6 is 0 Å². The van der Waals surface area contributed by atoms with Gasteiger partial charge in [-0.2, -0.15) is 0 Å². The standard InChI is InChI=1S/C14H24N4O7/c1-6(2)11(14(24)25)18-13(23)8(5-10(20)21)17-12(22)7(15)3-4-9(16)19/h6-8,11H,3-5,15H2,1-2H3,(H2,16,19)(H,17,22)(H,18,23)(H,20,21)(H,24,25). The SMILES string of the molecule is CC(C)C(NC(=O)C(CC(=O)O)NC(=O)C(N)CCC(N)=O)C(=O)O. The fraction of sp³-hybridized carbons (Fsp3) is 0.643. The highest BCUT2D eigenvalue weighted by Crippen LogP contribution is 2.04. The zero-order chi connectivity index (χ0) is 19.7. The molecule has 0 radical (unpaired) electrons. The molecule has 11 nitrogen and oxygen atoms in total. The largest absolute Gasteiger partial charge is 0.481 e. The van der Waals surface area contributed by atoms with Gasteiger partial charge in [0.25, 0.3) is 0 Å². The van der Waals surface area contributed by atoms with Crippen LogP contribution in [0.25, 0.3) is 0 Å². The number of nitrogens with two attached hydrogens (primary N) is 2. The van der Waals surface area contributed by atoms with Crippen molar-refractivity contribution in [2.45, 2.75) is 51.2 Å². The van der Waals surface area contributed by atoms with E-state index in [9.17, 15) is 24.0 Å². The fourth-order valence-electron chi connectivity index (χ4n) is 1.86. The number of nitrogens with one attached hydrogen (secondary N) is 2. The summed E-state index contributed by atoms with van der Waals surface area (Å²) < 4.78 is 0.